The molecule has 18 heavy (non-hydrogen) atoms. The maximum Gasteiger partial charge on any atom is 0.242 e. The molecule has 0 aromatic rings. The molecule has 5 nitrogen and oxygen atoms in total. The molecule has 1 amide bonds. The van der Waals surface area contributed by atoms with Crippen molar-refractivity contribution >= 4 is 5.91 Å². The summed E-state index contributed by atoms with van der Waals surface area (Å²) in [7, 11) is 0. The fraction of sp³-hybridized carbons (Fsp3) is 0.923. The molecule has 106 valence electrons. The van der Waals surface area contributed by atoms with Crippen LogP contribution in [-0.2, 0) is 4.79 Å². The Morgan fingerprint density at radius 2 is 1.89 bits per heavy atom. The molecule has 0 aromatic carbocycles. The lowest BCUT2D eigenvalue weighted by Crippen LogP contribution is -2.55. The van der Waals surface area contributed by atoms with Gasteiger partial charge >= 0.3 is 0 Å². The zero-order valence-electron chi connectivity index (χ0n) is 11.7. The third-order valence-corrected chi connectivity index (χ3v) is 3.98. The van der Waals surface area contributed by atoms with Crippen LogP contribution in [0.25, 0.3) is 0 Å². The van der Waals surface area contributed by atoms with Crippen LogP contribution >= 0.6 is 0 Å². The topological polar surface area (TPSA) is 69.8 Å². The Morgan fingerprint density at radius 1 is 1.22 bits per heavy atom. The van der Waals surface area contributed by atoms with Gasteiger partial charge in [0, 0.05) is 26.2 Å². The van der Waals surface area contributed by atoms with E-state index in [-0.39, 0.29) is 12.5 Å². The summed E-state index contributed by atoms with van der Waals surface area (Å²) in [5.41, 5.74) is 5.47. The minimum Gasteiger partial charge on any atom is -0.395 e. The van der Waals surface area contributed by atoms with Gasteiger partial charge in [-0.15, -0.1) is 0 Å². The Balaban J connectivity index is 2.59. The summed E-state index contributed by atoms with van der Waals surface area (Å²) in [4.78, 5) is 16.5. The highest BCUT2D eigenvalue weighted by molar-refractivity contribution is 5.86. The Morgan fingerprint density at radius 3 is 2.44 bits per heavy atom. The zero-order valence-corrected chi connectivity index (χ0v) is 11.7. The zero-order chi connectivity index (χ0) is 13.6. The van der Waals surface area contributed by atoms with Crippen molar-refractivity contribution < 1.29 is 9.90 Å². The number of amides is 1. The molecule has 1 heterocycles. The fourth-order valence-corrected chi connectivity index (χ4v) is 2.41. The molecule has 0 atom stereocenters. The highest BCUT2D eigenvalue weighted by Gasteiger charge is 2.34. The van der Waals surface area contributed by atoms with Gasteiger partial charge < -0.3 is 15.7 Å². The SMILES string of the molecule is CCC(N)(CC)C(=O)N1CCCN(CCO)CC1. The summed E-state index contributed by atoms with van der Waals surface area (Å²) in [6.07, 6.45) is 2.31. The van der Waals surface area contributed by atoms with E-state index in [1.54, 1.807) is 0 Å². The Hall–Kier alpha value is -0.650. The van der Waals surface area contributed by atoms with Crippen molar-refractivity contribution in [2.45, 2.75) is 38.6 Å². The fourth-order valence-electron chi connectivity index (χ4n) is 2.41. The van der Waals surface area contributed by atoms with E-state index in [9.17, 15) is 4.79 Å². The monoisotopic (exact) mass is 257 g/mol. The minimum absolute atomic E-state index is 0.0818. The number of hydrogen-bond donors (Lipinski definition) is 2. The maximum absolute atomic E-state index is 12.4. The van der Waals surface area contributed by atoms with E-state index in [2.05, 4.69) is 4.90 Å². The van der Waals surface area contributed by atoms with E-state index in [1.807, 2.05) is 18.7 Å². The van der Waals surface area contributed by atoms with E-state index in [1.165, 1.54) is 0 Å². The highest BCUT2D eigenvalue weighted by atomic mass is 16.3. The van der Waals surface area contributed by atoms with Crippen LogP contribution in [0.15, 0.2) is 0 Å². The van der Waals surface area contributed by atoms with Gasteiger partial charge in [0.2, 0.25) is 5.91 Å². The van der Waals surface area contributed by atoms with Crippen molar-refractivity contribution in [1.82, 2.24) is 9.80 Å². The number of β-amino-alcohol motifs (C(OH)–C–C–N with tert-alkyl or cyclic N) is 1. The number of nitrogens with two attached hydrogens (primary N) is 1. The van der Waals surface area contributed by atoms with Crippen LogP contribution in [0.2, 0.25) is 0 Å². The molecular formula is C13H27N3O2. The van der Waals surface area contributed by atoms with E-state index >= 15 is 0 Å². The van der Waals surface area contributed by atoms with Gasteiger partial charge in [0.1, 0.15) is 0 Å². The van der Waals surface area contributed by atoms with E-state index < -0.39 is 5.54 Å². The molecule has 0 saturated carbocycles. The number of hydrogen-bond acceptors (Lipinski definition) is 4. The van der Waals surface area contributed by atoms with Crippen molar-refractivity contribution in [2.24, 2.45) is 5.73 Å². The molecule has 0 spiro atoms. The van der Waals surface area contributed by atoms with Crippen LogP contribution in [0.5, 0.6) is 0 Å². The second-order valence-corrected chi connectivity index (χ2v) is 5.07. The Bertz CT molecular complexity index is 267. The number of aliphatic hydroxyl groups is 1. The normalized spacial score (nSPS) is 18.8. The minimum atomic E-state index is -0.702. The Kier molecular flexibility index (Phi) is 6.05. The number of rotatable bonds is 5. The third-order valence-electron chi connectivity index (χ3n) is 3.98. The van der Waals surface area contributed by atoms with Gasteiger partial charge in [-0.3, -0.25) is 9.69 Å². The number of carbonyl (C=O) groups excluding carboxylic acids is 1. The molecule has 1 aliphatic rings. The van der Waals surface area contributed by atoms with Gasteiger partial charge in [-0.05, 0) is 25.8 Å². The first-order valence-corrected chi connectivity index (χ1v) is 6.99. The van der Waals surface area contributed by atoms with Crippen LogP contribution in [0, 0.1) is 0 Å². The molecule has 5 heteroatoms. The largest absolute Gasteiger partial charge is 0.395 e. The Labute approximate surface area is 110 Å². The predicted octanol–water partition coefficient (Wildman–Crippen LogP) is 0.0305. The molecular weight excluding hydrogens is 230 g/mol. The second kappa shape index (κ2) is 7.07. The average molecular weight is 257 g/mol. The first kappa shape index (κ1) is 15.4. The molecule has 1 aliphatic heterocycles. The van der Waals surface area contributed by atoms with Crippen molar-refractivity contribution in [3.8, 4) is 0 Å². The molecule has 3 N–H and O–H groups in total. The van der Waals surface area contributed by atoms with Gasteiger partial charge in [-0.1, -0.05) is 13.8 Å². The second-order valence-electron chi connectivity index (χ2n) is 5.07. The first-order valence-electron chi connectivity index (χ1n) is 6.99. The summed E-state index contributed by atoms with van der Waals surface area (Å²) < 4.78 is 0. The van der Waals surface area contributed by atoms with Gasteiger partial charge in [0.05, 0.1) is 12.1 Å². The number of aliphatic hydroxyl groups excluding tert-OH is 1. The molecule has 1 fully saturated rings. The van der Waals surface area contributed by atoms with Crippen molar-refractivity contribution in [1.29, 1.82) is 0 Å². The van der Waals surface area contributed by atoms with Crippen molar-refractivity contribution in [2.75, 3.05) is 39.3 Å². The molecule has 1 rings (SSSR count). The first-order chi connectivity index (χ1) is 8.57. The van der Waals surface area contributed by atoms with E-state index in [0.29, 0.717) is 19.4 Å². The summed E-state index contributed by atoms with van der Waals surface area (Å²) in [6.45, 7) is 8.08. The molecule has 0 bridgehead atoms. The maximum atomic E-state index is 12.4. The molecule has 0 aliphatic carbocycles. The van der Waals surface area contributed by atoms with Crippen LogP contribution in [0.1, 0.15) is 33.1 Å². The summed E-state index contributed by atoms with van der Waals surface area (Å²) in [5.74, 6) is 0.0818. The smallest absolute Gasteiger partial charge is 0.242 e. The van der Waals surface area contributed by atoms with Gasteiger partial charge in [-0.2, -0.15) is 0 Å². The van der Waals surface area contributed by atoms with Crippen molar-refractivity contribution in [3.05, 3.63) is 0 Å². The number of carbonyl (C=O) groups is 1. The average Bonchev–Trinajstić information content (AvgIpc) is 2.63. The van der Waals surface area contributed by atoms with Crippen LogP contribution in [0.3, 0.4) is 0 Å². The van der Waals surface area contributed by atoms with Crippen LogP contribution in [-0.4, -0.2) is 65.7 Å². The predicted molar refractivity (Wildman–Crippen MR) is 72.2 cm³/mol. The quantitative estimate of drug-likeness (QED) is 0.729. The van der Waals surface area contributed by atoms with Gasteiger partial charge in [0.25, 0.3) is 0 Å². The van der Waals surface area contributed by atoms with Crippen LogP contribution < -0.4 is 5.73 Å². The molecule has 0 unspecified atom stereocenters. The number of nitrogens with zero attached hydrogens (tertiary/aromatic N) is 2. The lowest BCUT2D eigenvalue weighted by Gasteiger charge is -2.32. The molecule has 0 radical (unpaired) electrons. The lowest BCUT2D eigenvalue weighted by atomic mass is 9.92. The van der Waals surface area contributed by atoms with Gasteiger partial charge in [0.15, 0.2) is 0 Å². The third kappa shape index (κ3) is 3.67. The standard InChI is InChI=1S/C13H27N3O2/c1-3-13(14,4-2)12(18)16-7-5-6-15(8-9-16)10-11-17/h17H,3-11,14H2,1-2H3. The lowest BCUT2D eigenvalue weighted by molar-refractivity contribution is -0.137. The van der Waals surface area contributed by atoms with Crippen molar-refractivity contribution in [3.63, 3.8) is 0 Å². The summed E-state index contributed by atoms with van der Waals surface area (Å²) in [5, 5.41) is 8.95. The van der Waals surface area contributed by atoms with E-state index in [4.69, 9.17) is 10.8 Å². The molecule has 1 saturated heterocycles. The highest BCUT2D eigenvalue weighted by Crippen LogP contribution is 2.16. The van der Waals surface area contributed by atoms with Gasteiger partial charge in [-0.25, -0.2) is 0 Å². The van der Waals surface area contributed by atoms with E-state index in [0.717, 1.165) is 32.6 Å². The van der Waals surface area contributed by atoms with Crippen LogP contribution in [0.4, 0.5) is 0 Å². The molecule has 0 aromatic heterocycles. The summed E-state index contributed by atoms with van der Waals surface area (Å²) in [6, 6.07) is 0. The summed E-state index contributed by atoms with van der Waals surface area (Å²) >= 11 is 0.